The van der Waals surface area contributed by atoms with Gasteiger partial charge < -0.3 is 5.11 Å². The number of carboxylic acid groups (broad SMARTS) is 1. The molecular formula is C12H12F3NO4S. The van der Waals surface area contributed by atoms with Gasteiger partial charge in [-0.05, 0) is 25.0 Å². The molecular weight excluding hydrogens is 311 g/mol. The molecule has 1 N–H and O–H groups in total. The summed E-state index contributed by atoms with van der Waals surface area (Å²) in [5, 5.41) is 8.99. The Balaban J connectivity index is 2.53. The van der Waals surface area contributed by atoms with Crippen LogP contribution in [-0.2, 0) is 21.0 Å². The van der Waals surface area contributed by atoms with Crippen molar-refractivity contribution in [3.05, 3.63) is 29.8 Å². The van der Waals surface area contributed by atoms with Gasteiger partial charge in [-0.2, -0.15) is 17.5 Å². The number of carbonyl (C=O) groups is 1. The Morgan fingerprint density at radius 2 is 1.90 bits per heavy atom. The van der Waals surface area contributed by atoms with E-state index in [0.717, 1.165) is 12.1 Å². The number of nitrogens with zero attached hydrogens (tertiary/aromatic N) is 1. The van der Waals surface area contributed by atoms with E-state index in [1.54, 1.807) is 0 Å². The van der Waals surface area contributed by atoms with E-state index in [1.165, 1.54) is 6.07 Å². The molecule has 1 aromatic carbocycles. The van der Waals surface area contributed by atoms with Crippen LogP contribution in [0.4, 0.5) is 13.2 Å². The monoisotopic (exact) mass is 323 g/mol. The van der Waals surface area contributed by atoms with E-state index in [2.05, 4.69) is 0 Å². The van der Waals surface area contributed by atoms with E-state index in [4.69, 9.17) is 5.11 Å². The van der Waals surface area contributed by atoms with Gasteiger partial charge in [0.15, 0.2) is 0 Å². The molecule has 116 valence electrons. The van der Waals surface area contributed by atoms with Crippen molar-refractivity contribution in [1.82, 2.24) is 4.31 Å². The number of halogens is 3. The molecule has 1 fully saturated rings. The van der Waals surface area contributed by atoms with Crippen LogP contribution >= 0.6 is 0 Å². The van der Waals surface area contributed by atoms with E-state index < -0.39 is 38.7 Å². The summed E-state index contributed by atoms with van der Waals surface area (Å²) in [4.78, 5) is 10.1. The van der Waals surface area contributed by atoms with E-state index >= 15 is 0 Å². The molecule has 0 radical (unpaired) electrons. The summed E-state index contributed by atoms with van der Waals surface area (Å²) >= 11 is 0. The average molecular weight is 323 g/mol. The Bertz CT molecular complexity index is 657. The predicted molar refractivity (Wildman–Crippen MR) is 66.0 cm³/mol. The van der Waals surface area contributed by atoms with Crippen molar-refractivity contribution in [3.8, 4) is 0 Å². The second-order valence-corrected chi connectivity index (χ2v) is 6.46. The fraction of sp³-hybridized carbons (Fsp3) is 0.417. The minimum absolute atomic E-state index is 0.0861. The van der Waals surface area contributed by atoms with Gasteiger partial charge in [0.25, 0.3) is 0 Å². The van der Waals surface area contributed by atoms with E-state index in [0.29, 0.717) is 16.8 Å². The lowest BCUT2D eigenvalue weighted by Crippen LogP contribution is -2.41. The van der Waals surface area contributed by atoms with Crippen molar-refractivity contribution in [3.63, 3.8) is 0 Å². The average Bonchev–Trinajstić information content (AvgIpc) is 2.88. The lowest BCUT2D eigenvalue weighted by Gasteiger charge is -2.23. The summed E-state index contributed by atoms with van der Waals surface area (Å²) in [5.41, 5.74) is -1.29. The normalized spacial score (nSPS) is 20.6. The van der Waals surface area contributed by atoms with E-state index in [9.17, 15) is 26.4 Å². The lowest BCUT2D eigenvalue weighted by atomic mass is 10.2. The maximum atomic E-state index is 12.9. The number of rotatable bonds is 3. The number of alkyl halides is 3. The SMILES string of the molecule is O=C(O)[C@H]1CCCN1S(=O)(=O)c1ccccc1C(F)(F)F. The highest BCUT2D eigenvalue weighted by Crippen LogP contribution is 2.36. The van der Waals surface area contributed by atoms with Gasteiger partial charge in [0.2, 0.25) is 10.0 Å². The van der Waals surface area contributed by atoms with Crippen molar-refractivity contribution in [2.24, 2.45) is 0 Å². The summed E-state index contributed by atoms with van der Waals surface area (Å²) in [6, 6.07) is 2.44. The van der Waals surface area contributed by atoms with Gasteiger partial charge in [0, 0.05) is 6.54 Å². The second kappa shape index (κ2) is 5.30. The molecule has 1 atom stereocenters. The molecule has 5 nitrogen and oxygen atoms in total. The van der Waals surface area contributed by atoms with Gasteiger partial charge in [-0.3, -0.25) is 4.79 Å². The van der Waals surface area contributed by atoms with Crippen molar-refractivity contribution in [1.29, 1.82) is 0 Å². The predicted octanol–water partition coefficient (Wildman–Crippen LogP) is 1.94. The second-order valence-electron chi connectivity index (χ2n) is 4.61. The van der Waals surface area contributed by atoms with Crippen LogP contribution in [0.25, 0.3) is 0 Å². The molecule has 1 saturated heterocycles. The number of hydrogen-bond acceptors (Lipinski definition) is 3. The highest BCUT2D eigenvalue weighted by Gasteiger charge is 2.43. The van der Waals surface area contributed by atoms with Gasteiger partial charge in [-0.15, -0.1) is 0 Å². The zero-order valence-electron chi connectivity index (χ0n) is 10.7. The molecule has 9 heteroatoms. The Labute approximate surface area is 119 Å². The Morgan fingerprint density at radius 3 is 2.48 bits per heavy atom. The van der Waals surface area contributed by atoms with E-state index in [1.807, 2.05) is 0 Å². The molecule has 1 heterocycles. The number of carboxylic acids is 1. The van der Waals surface area contributed by atoms with Gasteiger partial charge in [0.05, 0.1) is 10.5 Å². The molecule has 0 unspecified atom stereocenters. The first-order valence-corrected chi connectivity index (χ1v) is 7.50. The fourth-order valence-electron chi connectivity index (χ4n) is 2.33. The molecule has 2 rings (SSSR count). The quantitative estimate of drug-likeness (QED) is 0.922. The van der Waals surface area contributed by atoms with Gasteiger partial charge in [-0.1, -0.05) is 12.1 Å². The van der Waals surface area contributed by atoms with Crippen molar-refractivity contribution in [2.45, 2.75) is 30.0 Å². The first kappa shape index (κ1) is 15.8. The summed E-state index contributed by atoms with van der Waals surface area (Å²) in [6.45, 7) is -0.106. The molecule has 0 spiro atoms. The van der Waals surface area contributed by atoms with E-state index in [-0.39, 0.29) is 13.0 Å². The topological polar surface area (TPSA) is 74.7 Å². The lowest BCUT2D eigenvalue weighted by molar-refractivity contribution is -0.140. The van der Waals surface area contributed by atoms with Crippen LogP contribution in [-0.4, -0.2) is 36.4 Å². The van der Waals surface area contributed by atoms with Crippen molar-refractivity contribution >= 4 is 16.0 Å². The number of sulfonamides is 1. The summed E-state index contributed by atoms with van der Waals surface area (Å²) in [7, 11) is -4.51. The smallest absolute Gasteiger partial charge is 0.417 e. The van der Waals surface area contributed by atoms with Crippen LogP contribution in [0.2, 0.25) is 0 Å². The first-order chi connectivity index (χ1) is 9.65. The minimum Gasteiger partial charge on any atom is -0.480 e. The third kappa shape index (κ3) is 2.88. The standard InChI is InChI=1S/C12H12F3NO4S/c13-12(14,15)8-4-1-2-6-10(8)21(19,20)16-7-3-5-9(16)11(17)18/h1-2,4,6,9H,3,5,7H2,(H,17,18)/t9-/m1/s1. The molecule has 1 aromatic rings. The number of aliphatic carboxylic acids is 1. The zero-order chi connectivity index (χ0) is 15.8. The highest BCUT2D eigenvalue weighted by atomic mass is 32.2. The Kier molecular flexibility index (Phi) is 3.98. The van der Waals surface area contributed by atoms with Crippen LogP contribution in [0.15, 0.2) is 29.2 Å². The van der Waals surface area contributed by atoms with Crippen molar-refractivity contribution in [2.75, 3.05) is 6.54 Å². The Hall–Kier alpha value is -1.61. The molecule has 1 aliphatic rings. The van der Waals surface area contributed by atoms with Crippen molar-refractivity contribution < 1.29 is 31.5 Å². The molecule has 1 aliphatic heterocycles. The maximum Gasteiger partial charge on any atom is 0.417 e. The minimum atomic E-state index is -4.83. The molecule has 0 amide bonds. The van der Waals surface area contributed by atoms with Gasteiger partial charge in [0.1, 0.15) is 6.04 Å². The fourth-order valence-corrected chi connectivity index (χ4v) is 4.19. The largest absolute Gasteiger partial charge is 0.480 e. The molecule has 0 saturated carbocycles. The Morgan fingerprint density at radius 1 is 1.29 bits per heavy atom. The molecule has 0 aromatic heterocycles. The van der Waals surface area contributed by atoms with Crippen LogP contribution in [0, 0.1) is 0 Å². The van der Waals surface area contributed by atoms with Crippen LogP contribution in [0.1, 0.15) is 18.4 Å². The number of hydrogen-bond donors (Lipinski definition) is 1. The van der Waals surface area contributed by atoms with Crippen LogP contribution in [0.5, 0.6) is 0 Å². The van der Waals surface area contributed by atoms with Gasteiger partial charge >= 0.3 is 12.1 Å². The summed E-state index contributed by atoms with van der Waals surface area (Å²) in [6.07, 6.45) is -4.45. The van der Waals surface area contributed by atoms with Gasteiger partial charge in [-0.25, -0.2) is 8.42 Å². The summed E-state index contributed by atoms with van der Waals surface area (Å²) in [5.74, 6) is -1.36. The van der Waals surface area contributed by atoms with Crippen LogP contribution < -0.4 is 0 Å². The third-order valence-corrected chi connectivity index (χ3v) is 5.23. The first-order valence-electron chi connectivity index (χ1n) is 6.06. The molecule has 0 aliphatic carbocycles. The molecule has 0 bridgehead atoms. The maximum absolute atomic E-state index is 12.9. The highest BCUT2D eigenvalue weighted by molar-refractivity contribution is 7.89. The molecule has 21 heavy (non-hydrogen) atoms. The van der Waals surface area contributed by atoms with Crippen LogP contribution in [0.3, 0.4) is 0 Å². The zero-order valence-corrected chi connectivity index (χ0v) is 11.5. The summed E-state index contributed by atoms with van der Waals surface area (Å²) < 4.78 is 64.1. The third-order valence-electron chi connectivity index (χ3n) is 3.27. The number of benzene rings is 1.